The van der Waals surface area contributed by atoms with Crippen molar-refractivity contribution in [1.82, 2.24) is 20.4 Å². The Kier molecular flexibility index (Phi) is 7.79. The third-order valence-corrected chi connectivity index (χ3v) is 3.09. The van der Waals surface area contributed by atoms with E-state index in [1.165, 1.54) is 6.92 Å². The van der Waals surface area contributed by atoms with Crippen molar-refractivity contribution < 1.29 is 19.1 Å². The molecular weight excluding hydrogens is 300 g/mol. The van der Waals surface area contributed by atoms with Crippen molar-refractivity contribution in [2.75, 3.05) is 6.54 Å². The maximum absolute atomic E-state index is 11.8. The SMILES string of the molecule is CCCCNC(=O)NC(=O)C(C)OC(=O)Cc1cnn(CC)c1. The van der Waals surface area contributed by atoms with Crippen molar-refractivity contribution in [1.29, 1.82) is 0 Å². The highest BCUT2D eigenvalue weighted by Gasteiger charge is 2.20. The van der Waals surface area contributed by atoms with Crippen molar-refractivity contribution in [2.24, 2.45) is 0 Å². The lowest BCUT2D eigenvalue weighted by Crippen LogP contribution is -2.45. The number of nitrogens with zero attached hydrogens (tertiary/aromatic N) is 2. The van der Waals surface area contributed by atoms with Crippen molar-refractivity contribution in [3.05, 3.63) is 18.0 Å². The molecule has 23 heavy (non-hydrogen) atoms. The minimum Gasteiger partial charge on any atom is -0.452 e. The van der Waals surface area contributed by atoms with Gasteiger partial charge in [0.1, 0.15) is 0 Å². The van der Waals surface area contributed by atoms with Crippen LogP contribution >= 0.6 is 0 Å². The van der Waals surface area contributed by atoms with Gasteiger partial charge in [0.05, 0.1) is 12.6 Å². The van der Waals surface area contributed by atoms with Crippen molar-refractivity contribution in [3.8, 4) is 0 Å². The van der Waals surface area contributed by atoms with Crippen LogP contribution in [0.25, 0.3) is 0 Å². The normalized spacial score (nSPS) is 11.6. The second-order valence-corrected chi connectivity index (χ2v) is 5.11. The number of carbonyl (C=O) groups is 3. The molecule has 2 N–H and O–H groups in total. The topological polar surface area (TPSA) is 102 Å². The number of hydrogen-bond donors (Lipinski definition) is 2. The first-order chi connectivity index (χ1) is 11.0. The Hall–Kier alpha value is -2.38. The first-order valence-corrected chi connectivity index (χ1v) is 7.75. The van der Waals surface area contributed by atoms with Crippen molar-refractivity contribution in [3.63, 3.8) is 0 Å². The molecule has 1 atom stereocenters. The van der Waals surface area contributed by atoms with Gasteiger partial charge in [-0.25, -0.2) is 4.79 Å². The van der Waals surface area contributed by atoms with E-state index in [1.54, 1.807) is 17.1 Å². The number of rotatable bonds is 8. The number of aryl methyl sites for hydroxylation is 1. The molecular formula is C15H24N4O4. The second-order valence-electron chi connectivity index (χ2n) is 5.11. The molecule has 1 heterocycles. The number of hydrogen-bond acceptors (Lipinski definition) is 5. The van der Waals surface area contributed by atoms with E-state index in [4.69, 9.17) is 4.74 Å². The summed E-state index contributed by atoms with van der Waals surface area (Å²) >= 11 is 0. The van der Waals surface area contributed by atoms with Gasteiger partial charge in [0, 0.05) is 24.8 Å². The number of imide groups is 1. The van der Waals surface area contributed by atoms with Crippen LogP contribution in [0, 0.1) is 0 Å². The number of nitrogens with one attached hydrogen (secondary N) is 2. The molecule has 0 radical (unpaired) electrons. The van der Waals surface area contributed by atoms with Gasteiger partial charge in [-0.05, 0) is 20.3 Å². The number of urea groups is 1. The summed E-state index contributed by atoms with van der Waals surface area (Å²) in [5, 5.41) is 8.74. The molecule has 0 fully saturated rings. The minimum absolute atomic E-state index is 0.0281. The molecule has 1 rings (SSSR count). The molecule has 1 aromatic heterocycles. The molecule has 0 aromatic carbocycles. The molecule has 0 saturated carbocycles. The summed E-state index contributed by atoms with van der Waals surface area (Å²) in [7, 11) is 0. The summed E-state index contributed by atoms with van der Waals surface area (Å²) in [6.45, 7) is 6.55. The van der Waals surface area contributed by atoms with E-state index in [0.717, 1.165) is 12.8 Å². The van der Waals surface area contributed by atoms with E-state index < -0.39 is 24.0 Å². The van der Waals surface area contributed by atoms with Crippen LogP contribution in [0.15, 0.2) is 12.4 Å². The fourth-order valence-corrected chi connectivity index (χ4v) is 1.77. The molecule has 0 aliphatic carbocycles. The smallest absolute Gasteiger partial charge is 0.321 e. The second kappa shape index (κ2) is 9.60. The molecule has 0 aliphatic heterocycles. The lowest BCUT2D eigenvalue weighted by molar-refractivity contribution is -0.153. The van der Waals surface area contributed by atoms with Crippen molar-refractivity contribution >= 4 is 17.9 Å². The number of carbonyl (C=O) groups excluding carboxylic acids is 3. The maximum atomic E-state index is 11.8. The Balaban J connectivity index is 2.35. The predicted octanol–water partition coefficient (Wildman–Crippen LogP) is 1.00. The van der Waals surface area contributed by atoms with Crippen molar-refractivity contribution in [2.45, 2.75) is 52.7 Å². The standard InChI is InChI=1S/C15H24N4O4/c1-4-6-7-16-15(22)18-14(21)11(3)23-13(20)8-12-9-17-19(5-2)10-12/h9-11H,4-8H2,1-3H3,(H2,16,18,21,22). The number of unbranched alkanes of at least 4 members (excludes halogenated alkanes) is 1. The lowest BCUT2D eigenvalue weighted by atomic mass is 10.2. The van der Waals surface area contributed by atoms with Crippen LogP contribution < -0.4 is 10.6 Å². The quantitative estimate of drug-likeness (QED) is 0.549. The molecule has 0 aliphatic rings. The average Bonchev–Trinajstić information content (AvgIpc) is 2.94. The van der Waals surface area contributed by atoms with E-state index in [1.807, 2.05) is 13.8 Å². The lowest BCUT2D eigenvalue weighted by Gasteiger charge is -2.13. The summed E-state index contributed by atoms with van der Waals surface area (Å²) in [6, 6.07) is -0.587. The molecule has 0 spiro atoms. The van der Waals surface area contributed by atoms with Crippen LogP contribution in [0.5, 0.6) is 0 Å². The van der Waals surface area contributed by atoms with Crippen LogP contribution in [-0.2, 0) is 27.3 Å². The fraction of sp³-hybridized carbons (Fsp3) is 0.600. The van der Waals surface area contributed by atoms with Gasteiger partial charge in [0.15, 0.2) is 6.10 Å². The zero-order valence-electron chi connectivity index (χ0n) is 13.8. The van der Waals surface area contributed by atoms with Gasteiger partial charge >= 0.3 is 12.0 Å². The minimum atomic E-state index is -1.04. The van der Waals surface area contributed by atoms with E-state index in [2.05, 4.69) is 15.7 Å². The van der Waals surface area contributed by atoms with Crippen LogP contribution in [-0.4, -0.2) is 40.3 Å². The number of esters is 1. The van der Waals surface area contributed by atoms with E-state index in [0.29, 0.717) is 18.7 Å². The fourth-order valence-electron chi connectivity index (χ4n) is 1.77. The van der Waals surface area contributed by atoms with E-state index in [-0.39, 0.29) is 6.42 Å². The number of amides is 3. The molecule has 1 aromatic rings. The third kappa shape index (κ3) is 6.94. The Bertz CT molecular complexity index is 541. The van der Waals surface area contributed by atoms with E-state index in [9.17, 15) is 14.4 Å². The first kappa shape index (κ1) is 18.7. The first-order valence-electron chi connectivity index (χ1n) is 7.75. The molecule has 0 bridgehead atoms. The highest BCUT2D eigenvalue weighted by atomic mass is 16.5. The summed E-state index contributed by atoms with van der Waals surface area (Å²) in [5.74, 6) is -1.20. The summed E-state index contributed by atoms with van der Waals surface area (Å²) < 4.78 is 6.71. The number of aromatic nitrogens is 2. The van der Waals surface area contributed by atoms with Crippen LogP contribution in [0.2, 0.25) is 0 Å². The van der Waals surface area contributed by atoms with Crippen LogP contribution in [0.4, 0.5) is 4.79 Å². The maximum Gasteiger partial charge on any atom is 0.321 e. The molecule has 128 valence electrons. The highest BCUT2D eigenvalue weighted by Crippen LogP contribution is 2.02. The zero-order valence-corrected chi connectivity index (χ0v) is 13.8. The average molecular weight is 324 g/mol. The van der Waals surface area contributed by atoms with Crippen LogP contribution in [0.1, 0.15) is 39.2 Å². The molecule has 3 amide bonds. The van der Waals surface area contributed by atoms with Gasteiger partial charge in [-0.15, -0.1) is 0 Å². The van der Waals surface area contributed by atoms with Gasteiger partial charge in [-0.2, -0.15) is 5.10 Å². The largest absolute Gasteiger partial charge is 0.452 e. The predicted molar refractivity (Wildman–Crippen MR) is 83.6 cm³/mol. The summed E-state index contributed by atoms with van der Waals surface area (Å²) in [4.78, 5) is 35.0. The molecule has 1 unspecified atom stereocenters. The van der Waals surface area contributed by atoms with Gasteiger partial charge in [0.25, 0.3) is 5.91 Å². The number of ether oxygens (including phenoxy) is 1. The van der Waals surface area contributed by atoms with Gasteiger partial charge in [0.2, 0.25) is 0 Å². The summed E-state index contributed by atoms with van der Waals surface area (Å²) in [5.41, 5.74) is 0.710. The molecule has 8 nitrogen and oxygen atoms in total. The van der Waals surface area contributed by atoms with Gasteiger partial charge in [-0.3, -0.25) is 19.6 Å². The molecule has 8 heteroatoms. The van der Waals surface area contributed by atoms with Gasteiger partial charge in [-0.1, -0.05) is 13.3 Å². The summed E-state index contributed by atoms with van der Waals surface area (Å²) in [6.07, 6.45) is 4.08. The Morgan fingerprint density at radius 1 is 1.35 bits per heavy atom. The monoisotopic (exact) mass is 324 g/mol. The third-order valence-electron chi connectivity index (χ3n) is 3.09. The Morgan fingerprint density at radius 3 is 2.70 bits per heavy atom. The Morgan fingerprint density at radius 2 is 2.09 bits per heavy atom. The Labute approximate surface area is 135 Å². The zero-order chi connectivity index (χ0) is 17.2. The molecule has 0 saturated heterocycles. The van der Waals surface area contributed by atoms with E-state index >= 15 is 0 Å². The van der Waals surface area contributed by atoms with Gasteiger partial charge < -0.3 is 10.1 Å². The highest BCUT2D eigenvalue weighted by molar-refractivity contribution is 5.97. The van der Waals surface area contributed by atoms with Crippen LogP contribution in [0.3, 0.4) is 0 Å².